The van der Waals surface area contributed by atoms with Crippen LogP contribution in [0.2, 0.25) is 0 Å². The van der Waals surface area contributed by atoms with E-state index in [4.69, 9.17) is 29.4 Å². The first kappa shape index (κ1) is 54.7. The second kappa shape index (κ2) is 41.8. The smallest absolute Gasteiger partial charge is 0.472 e. The molecule has 0 saturated heterocycles. The van der Waals surface area contributed by atoms with E-state index in [1.165, 1.54) is 96.3 Å². The molecule has 10 nitrogen and oxygen atoms in total. The van der Waals surface area contributed by atoms with E-state index in [9.17, 15) is 19.0 Å². The van der Waals surface area contributed by atoms with E-state index in [1.807, 2.05) is 6.08 Å². The molecule has 0 aliphatic heterocycles. The molecule has 3 atom stereocenters. The van der Waals surface area contributed by atoms with Gasteiger partial charge < -0.3 is 25.2 Å². The van der Waals surface area contributed by atoms with Gasteiger partial charge in [-0.1, -0.05) is 190 Å². The number of hydrogen-bond acceptors (Lipinski definition) is 8. The Morgan fingerprint density at radius 2 is 0.982 bits per heavy atom. The fourth-order valence-corrected chi connectivity index (χ4v) is 6.68. The molecule has 0 aliphatic carbocycles. The summed E-state index contributed by atoms with van der Waals surface area (Å²) in [5, 5.41) is 8.90. The van der Waals surface area contributed by atoms with Gasteiger partial charge in [0, 0.05) is 6.42 Å². The van der Waals surface area contributed by atoms with Crippen molar-refractivity contribution in [3.8, 4) is 0 Å². The van der Waals surface area contributed by atoms with E-state index >= 15 is 0 Å². The number of nitrogens with two attached hydrogens (primary N) is 1. The minimum absolute atomic E-state index is 0.0374. The van der Waals surface area contributed by atoms with Crippen molar-refractivity contribution in [1.29, 1.82) is 0 Å². The fraction of sp³-hybridized carbons (Fsp3) is 0.739. The Labute approximate surface area is 347 Å². The molecule has 57 heavy (non-hydrogen) atoms. The van der Waals surface area contributed by atoms with Gasteiger partial charge in [-0.05, 0) is 44.9 Å². The summed E-state index contributed by atoms with van der Waals surface area (Å²) in [4.78, 5) is 33.5. The number of carboxylic acid groups (broad SMARTS) is 1. The van der Waals surface area contributed by atoms with Gasteiger partial charge in [0.15, 0.2) is 0 Å². The van der Waals surface area contributed by atoms with Crippen molar-refractivity contribution in [3.05, 3.63) is 60.8 Å². The van der Waals surface area contributed by atoms with Gasteiger partial charge in [-0.2, -0.15) is 0 Å². The van der Waals surface area contributed by atoms with Gasteiger partial charge in [0.1, 0.15) is 12.1 Å². The van der Waals surface area contributed by atoms with Crippen LogP contribution in [-0.4, -0.2) is 60.5 Å². The zero-order valence-electron chi connectivity index (χ0n) is 35.9. The van der Waals surface area contributed by atoms with Gasteiger partial charge in [0.2, 0.25) is 0 Å². The lowest BCUT2D eigenvalue weighted by molar-refractivity contribution is -0.154. The third kappa shape index (κ3) is 41.6. The van der Waals surface area contributed by atoms with E-state index in [-0.39, 0.29) is 13.0 Å². The maximum absolute atomic E-state index is 12.6. The summed E-state index contributed by atoms with van der Waals surface area (Å²) in [6, 6.07) is -1.48. The molecule has 4 N–H and O–H groups in total. The Bertz CT molecular complexity index is 1140. The summed E-state index contributed by atoms with van der Waals surface area (Å²) in [6.45, 7) is 3.56. The second-order valence-electron chi connectivity index (χ2n) is 14.8. The average Bonchev–Trinajstić information content (AvgIpc) is 3.19. The zero-order chi connectivity index (χ0) is 41.9. The number of rotatable bonds is 42. The van der Waals surface area contributed by atoms with Crippen molar-refractivity contribution in [2.75, 3.05) is 26.4 Å². The Morgan fingerprint density at radius 1 is 0.579 bits per heavy atom. The third-order valence-corrected chi connectivity index (χ3v) is 10.3. The fourth-order valence-electron chi connectivity index (χ4n) is 5.90. The molecule has 0 bridgehead atoms. The molecular formula is C46H82NO9P. The molecule has 0 amide bonds. The lowest BCUT2D eigenvalue weighted by Gasteiger charge is -2.20. The summed E-state index contributed by atoms with van der Waals surface area (Å²) < 4.78 is 33.2. The van der Waals surface area contributed by atoms with Crippen molar-refractivity contribution in [3.63, 3.8) is 0 Å². The van der Waals surface area contributed by atoms with E-state index < -0.39 is 45.1 Å². The average molecular weight is 824 g/mol. The summed E-state index contributed by atoms with van der Waals surface area (Å²) in [5.74, 6) is -1.81. The first-order chi connectivity index (χ1) is 27.7. The number of hydrogen-bond donors (Lipinski definition) is 3. The Morgan fingerprint density at radius 3 is 1.42 bits per heavy atom. The SMILES string of the molecule is CC/C=C\C/C=C\C/C=C\C/C=C\C/C=C\CCOCC(COP(=O)(O)OCC(N)C(=O)O)OC(=O)CCCCCCCCCCCCCCCCCCCCC. The molecule has 0 radical (unpaired) electrons. The van der Waals surface area contributed by atoms with E-state index in [0.29, 0.717) is 19.4 Å². The Hall–Kier alpha value is -2.33. The molecule has 0 aliphatic rings. The number of carbonyl (C=O) groups excluding carboxylic acids is 1. The molecule has 330 valence electrons. The van der Waals surface area contributed by atoms with Crippen LogP contribution >= 0.6 is 7.82 Å². The van der Waals surface area contributed by atoms with Crippen LogP contribution in [0.25, 0.3) is 0 Å². The number of aliphatic carboxylic acids is 1. The normalized spacial score (nSPS) is 14.5. The van der Waals surface area contributed by atoms with Crippen LogP contribution in [0.15, 0.2) is 60.8 Å². The number of ether oxygens (including phenoxy) is 2. The van der Waals surface area contributed by atoms with Gasteiger partial charge >= 0.3 is 19.8 Å². The number of unbranched alkanes of at least 4 members (excludes halogenated alkanes) is 18. The van der Waals surface area contributed by atoms with E-state index in [2.05, 4.69) is 68.5 Å². The molecule has 11 heteroatoms. The van der Waals surface area contributed by atoms with Crippen LogP contribution in [0.3, 0.4) is 0 Å². The van der Waals surface area contributed by atoms with Crippen molar-refractivity contribution in [2.45, 2.75) is 193 Å². The predicted octanol–water partition coefficient (Wildman–Crippen LogP) is 12.4. The van der Waals surface area contributed by atoms with Gasteiger partial charge in [0.25, 0.3) is 0 Å². The van der Waals surface area contributed by atoms with Gasteiger partial charge in [-0.15, -0.1) is 0 Å². The predicted molar refractivity (Wildman–Crippen MR) is 235 cm³/mol. The van der Waals surface area contributed by atoms with Gasteiger partial charge in [0.05, 0.1) is 26.4 Å². The first-order valence-corrected chi connectivity index (χ1v) is 23.8. The molecule has 0 heterocycles. The number of allylic oxidation sites excluding steroid dienone is 9. The number of carboxylic acids is 1. The molecule has 0 aromatic rings. The maximum Gasteiger partial charge on any atom is 0.472 e. The minimum atomic E-state index is -4.64. The van der Waals surface area contributed by atoms with Crippen molar-refractivity contribution < 1.29 is 42.7 Å². The largest absolute Gasteiger partial charge is 0.480 e. The van der Waals surface area contributed by atoms with E-state index in [0.717, 1.165) is 51.4 Å². The number of esters is 1. The second-order valence-corrected chi connectivity index (χ2v) is 16.3. The zero-order valence-corrected chi connectivity index (χ0v) is 36.8. The lowest BCUT2D eigenvalue weighted by Crippen LogP contribution is -2.34. The van der Waals surface area contributed by atoms with Crippen molar-refractivity contribution in [1.82, 2.24) is 0 Å². The quantitative estimate of drug-likeness (QED) is 0.0234. The lowest BCUT2D eigenvalue weighted by atomic mass is 10.0. The minimum Gasteiger partial charge on any atom is -0.480 e. The summed E-state index contributed by atoms with van der Waals surface area (Å²) in [6.07, 6.45) is 50.1. The number of carbonyl (C=O) groups is 2. The number of phosphoric ester groups is 1. The van der Waals surface area contributed by atoms with Crippen molar-refractivity contribution >= 4 is 19.8 Å². The standard InChI is InChI=1S/C46H82NO9P/c1-3-5-7-9-11-13-15-17-19-21-22-23-24-26-28-30-32-34-36-38-45(48)56-43(41-54-57(51,52)55-42-44(47)46(49)50)40-53-39-37-35-33-31-29-27-25-20-18-16-14-12-10-8-6-4-2/h6,8,12,14,18,20,27,29,33,35,43-44H,3-5,7,9-11,13,15-17,19,21-26,28,30-32,34,36-42,47H2,1-2H3,(H,49,50)(H,51,52)/b8-6-,14-12-,20-18-,29-27-,35-33-. The summed E-state index contributed by atoms with van der Waals surface area (Å²) in [7, 11) is -4.64. The first-order valence-electron chi connectivity index (χ1n) is 22.3. The summed E-state index contributed by atoms with van der Waals surface area (Å²) in [5.41, 5.74) is 5.35. The molecule has 0 fully saturated rings. The third-order valence-electron chi connectivity index (χ3n) is 9.33. The monoisotopic (exact) mass is 824 g/mol. The van der Waals surface area contributed by atoms with Crippen LogP contribution in [0.4, 0.5) is 0 Å². The molecular weight excluding hydrogens is 741 g/mol. The highest BCUT2D eigenvalue weighted by Gasteiger charge is 2.27. The highest BCUT2D eigenvalue weighted by molar-refractivity contribution is 7.47. The van der Waals surface area contributed by atoms with Gasteiger partial charge in [-0.25, -0.2) is 4.57 Å². The van der Waals surface area contributed by atoms with Crippen LogP contribution in [-0.2, 0) is 32.7 Å². The van der Waals surface area contributed by atoms with Crippen LogP contribution < -0.4 is 5.73 Å². The molecule has 0 rings (SSSR count). The molecule has 0 spiro atoms. The summed E-state index contributed by atoms with van der Waals surface area (Å²) >= 11 is 0. The Balaban J connectivity index is 4.30. The van der Waals surface area contributed by atoms with Crippen LogP contribution in [0, 0.1) is 0 Å². The van der Waals surface area contributed by atoms with Gasteiger partial charge in [-0.3, -0.25) is 18.6 Å². The topological polar surface area (TPSA) is 155 Å². The van der Waals surface area contributed by atoms with Crippen LogP contribution in [0.1, 0.15) is 181 Å². The molecule has 0 saturated carbocycles. The number of phosphoric acid groups is 1. The van der Waals surface area contributed by atoms with Crippen LogP contribution in [0.5, 0.6) is 0 Å². The highest BCUT2D eigenvalue weighted by Crippen LogP contribution is 2.43. The molecule has 0 aromatic heterocycles. The van der Waals surface area contributed by atoms with Crippen molar-refractivity contribution in [2.24, 2.45) is 5.73 Å². The Kier molecular flexibility index (Phi) is 40.1. The highest BCUT2D eigenvalue weighted by atomic mass is 31.2. The molecule has 3 unspecified atom stereocenters. The molecule has 0 aromatic carbocycles. The maximum atomic E-state index is 12.6. The van der Waals surface area contributed by atoms with E-state index in [1.54, 1.807) is 0 Å².